The van der Waals surface area contributed by atoms with Crippen LogP contribution in [-0.2, 0) is 4.79 Å². The molecule has 4 nitrogen and oxygen atoms in total. The Hall–Kier alpha value is -1.58. The number of carbonyl (C=O) groups excluding carboxylic acids is 1. The Balaban J connectivity index is 2.72. The standard InChI is InChI=1S/C9H12N2O2/c1-2-5-11-9(13)8-7(12)4-3-6-10-8/h3-4,6,11,13H,2,5H2,1H3/b9-8-. The van der Waals surface area contributed by atoms with E-state index in [9.17, 15) is 9.90 Å². The lowest BCUT2D eigenvalue weighted by molar-refractivity contribution is -0.111. The molecule has 0 aromatic heterocycles. The van der Waals surface area contributed by atoms with Gasteiger partial charge in [-0.1, -0.05) is 6.92 Å². The highest BCUT2D eigenvalue weighted by Gasteiger charge is 2.12. The van der Waals surface area contributed by atoms with Crippen molar-refractivity contribution in [3.8, 4) is 0 Å². The number of nitrogens with zero attached hydrogens (tertiary/aromatic N) is 1. The summed E-state index contributed by atoms with van der Waals surface area (Å²) < 4.78 is 0. The molecule has 2 N–H and O–H groups in total. The van der Waals surface area contributed by atoms with Crippen LogP contribution >= 0.6 is 0 Å². The number of dihydropyridines is 1. The molecule has 1 aliphatic heterocycles. The predicted octanol–water partition coefficient (Wildman–Crippen LogP) is 0.923. The molecule has 0 aromatic rings. The van der Waals surface area contributed by atoms with Gasteiger partial charge >= 0.3 is 0 Å². The lowest BCUT2D eigenvalue weighted by Crippen LogP contribution is -2.18. The summed E-state index contributed by atoms with van der Waals surface area (Å²) in [7, 11) is 0. The van der Waals surface area contributed by atoms with Crippen molar-refractivity contribution in [2.75, 3.05) is 6.54 Å². The smallest absolute Gasteiger partial charge is 0.214 e. The molecule has 4 heteroatoms. The van der Waals surface area contributed by atoms with Crippen LogP contribution < -0.4 is 5.32 Å². The van der Waals surface area contributed by atoms with Crippen molar-refractivity contribution in [1.82, 2.24) is 5.32 Å². The third kappa shape index (κ3) is 2.43. The molecule has 0 aromatic carbocycles. The Labute approximate surface area is 76.7 Å². The van der Waals surface area contributed by atoms with Gasteiger partial charge in [-0.15, -0.1) is 0 Å². The predicted molar refractivity (Wildman–Crippen MR) is 50.6 cm³/mol. The zero-order chi connectivity index (χ0) is 9.68. The van der Waals surface area contributed by atoms with E-state index in [2.05, 4.69) is 10.3 Å². The summed E-state index contributed by atoms with van der Waals surface area (Å²) in [6.45, 7) is 2.60. The van der Waals surface area contributed by atoms with Crippen molar-refractivity contribution in [2.24, 2.45) is 4.99 Å². The van der Waals surface area contributed by atoms with Gasteiger partial charge in [0.25, 0.3) is 0 Å². The number of hydrogen-bond acceptors (Lipinski definition) is 4. The molecule has 1 aliphatic rings. The number of allylic oxidation sites excluding steroid dienone is 2. The highest BCUT2D eigenvalue weighted by Crippen LogP contribution is 2.06. The first-order chi connectivity index (χ1) is 6.25. The quantitative estimate of drug-likeness (QED) is 0.501. The average molecular weight is 180 g/mol. The van der Waals surface area contributed by atoms with Crippen LogP contribution in [-0.4, -0.2) is 23.6 Å². The minimum absolute atomic E-state index is 0.0796. The molecule has 70 valence electrons. The number of rotatable bonds is 3. The number of nitrogens with one attached hydrogen (secondary N) is 1. The topological polar surface area (TPSA) is 61.7 Å². The Bertz CT molecular complexity index is 290. The first kappa shape index (κ1) is 9.51. The third-order valence-electron chi connectivity index (χ3n) is 1.54. The van der Waals surface area contributed by atoms with Crippen LogP contribution in [0.25, 0.3) is 0 Å². The molecule has 0 amide bonds. The molecule has 0 unspecified atom stereocenters. The number of aliphatic hydroxyl groups is 1. The van der Waals surface area contributed by atoms with Gasteiger partial charge in [0.2, 0.25) is 11.7 Å². The summed E-state index contributed by atoms with van der Waals surface area (Å²) in [4.78, 5) is 14.9. The molecule has 13 heavy (non-hydrogen) atoms. The van der Waals surface area contributed by atoms with E-state index in [1.165, 1.54) is 12.3 Å². The van der Waals surface area contributed by atoms with E-state index >= 15 is 0 Å². The van der Waals surface area contributed by atoms with Crippen molar-refractivity contribution in [1.29, 1.82) is 0 Å². The number of hydrogen-bond donors (Lipinski definition) is 2. The van der Waals surface area contributed by atoms with Gasteiger partial charge in [0, 0.05) is 12.8 Å². The van der Waals surface area contributed by atoms with Crippen molar-refractivity contribution < 1.29 is 9.90 Å². The van der Waals surface area contributed by atoms with E-state index in [1.807, 2.05) is 6.92 Å². The van der Waals surface area contributed by atoms with Crippen LogP contribution in [0, 0.1) is 0 Å². The van der Waals surface area contributed by atoms with Crippen LogP contribution in [0.3, 0.4) is 0 Å². The van der Waals surface area contributed by atoms with Gasteiger partial charge in [-0.05, 0) is 18.6 Å². The molecule has 0 bridgehead atoms. The minimum Gasteiger partial charge on any atom is -0.493 e. The number of aliphatic hydroxyl groups excluding tert-OH is 1. The normalized spacial score (nSPS) is 19.0. The average Bonchev–Trinajstić information content (AvgIpc) is 2.15. The Morgan fingerprint density at radius 1 is 1.69 bits per heavy atom. The fraction of sp³-hybridized carbons (Fsp3) is 0.333. The van der Waals surface area contributed by atoms with Gasteiger partial charge in [-0.3, -0.25) is 4.79 Å². The van der Waals surface area contributed by atoms with Gasteiger partial charge in [0.05, 0.1) is 0 Å². The minimum atomic E-state index is -0.274. The highest BCUT2D eigenvalue weighted by molar-refractivity contribution is 6.09. The molecule has 1 rings (SSSR count). The maximum Gasteiger partial charge on any atom is 0.214 e. The van der Waals surface area contributed by atoms with E-state index in [4.69, 9.17) is 0 Å². The van der Waals surface area contributed by atoms with Crippen LogP contribution in [0.1, 0.15) is 13.3 Å². The maximum absolute atomic E-state index is 11.1. The summed E-state index contributed by atoms with van der Waals surface area (Å²) in [5.41, 5.74) is 0.0796. The number of ketones is 1. The van der Waals surface area contributed by atoms with Crippen LogP contribution in [0.15, 0.2) is 28.7 Å². The van der Waals surface area contributed by atoms with E-state index in [0.29, 0.717) is 6.54 Å². The lowest BCUT2D eigenvalue weighted by atomic mass is 10.2. The van der Waals surface area contributed by atoms with E-state index < -0.39 is 0 Å². The summed E-state index contributed by atoms with van der Waals surface area (Å²) in [6.07, 6.45) is 5.26. The molecule has 0 fully saturated rings. The van der Waals surface area contributed by atoms with Crippen LogP contribution in [0.2, 0.25) is 0 Å². The monoisotopic (exact) mass is 180 g/mol. The largest absolute Gasteiger partial charge is 0.493 e. The van der Waals surface area contributed by atoms with Crippen LogP contribution in [0.5, 0.6) is 0 Å². The Kier molecular flexibility index (Phi) is 3.25. The Morgan fingerprint density at radius 3 is 3.08 bits per heavy atom. The van der Waals surface area contributed by atoms with Gasteiger partial charge in [-0.2, -0.15) is 0 Å². The van der Waals surface area contributed by atoms with Gasteiger partial charge in [0.1, 0.15) is 0 Å². The summed E-state index contributed by atoms with van der Waals surface area (Å²) >= 11 is 0. The molecule has 1 heterocycles. The second kappa shape index (κ2) is 4.45. The molecule has 0 saturated carbocycles. The van der Waals surface area contributed by atoms with E-state index in [1.54, 1.807) is 6.08 Å². The van der Waals surface area contributed by atoms with Gasteiger partial charge in [0.15, 0.2) is 5.70 Å². The highest BCUT2D eigenvalue weighted by atomic mass is 16.3. The summed E-state index contributed by atoms with van der Waals surface area (Å²) in [5.74, 6) is -0.420. The third-order valence-corrected chi connectivity index (χ3v) is 1.54. The molecule has 0 spiro atoms. The molecule has 0 atom stereocenters. The number of carbonyl (C=O) groups is 1. The van der Waals surface area contributed by atoms with E-state index in [0.717, 1.165) is 6.42 Å². The first-order valence-electron chi connectivity index (χ1n) is 4.18. The van der Waals surface area contributed by atoms with Crippen LogP contribution in [0.4, 0.5) is 0 Å². The maximum atomic E-state index is 11.1. The van der Waals surface area contributed by atoms with Crippen molar-refractivity contribution in [2.45, 2.75) is 13.3 Å². The first-order valence-corrected chi connectivity index (χ1v) is 4.18. The molecule has 0 aliphatic carbocycles. The second-order valence-corrected chi connectivity index (χ2v) is 2.63. The molecule has 0 radical (unpaired) electrons. The van der Waals surface area contributed by atoms with E-state index in [-0.39, 0.29) is 17.4 Å². The molecule has 0 saturated heterocycles. The van der Waals surface area contributed by atoms with Crippen molar-refractivity contribution in [3.63, 3.8) is 0 Å². The zero-order valence-electron chi connectivity index (χ0n) is 7.45. The van der Waals surface area contributed by atoms with Gasteiger partial charge in [-0.25, -0.2) is 4.99 Å². The Morgan fingerprint density at radius 2 is 2.46 bits per heavy atom. The molecular weight excluding hydrogens is 168 g/mol. The fourth-order valence-electron chi connectivity index (χ4n) is 0.896. The number of aliphatic imine (C=N–C) groups is 1. The lowest BCUT2D eigenvalue weighted by Gasteiger charge is -2.06. The summed E-state index contributed by atoms with van der Waals surface area (Å²) in [5, 5.41) is 12.1. The second-order valence-electron chi connectivity index (χ2n) is 2.63. The molecular formula is C9H12N2O2. The van der Waals surface area contributed by atoms with Crippen molar-refractivity contribution >= 4 is 12.0 Å². The van der Waals surface area contributed by atoms with Gasteiger partial charge < -0.3 is 10.4 Å². The SMILES string of the molecule is CCCN/C(O)=C1/N=CC=CC1=O. The zero-order valence-corrected chi connectivity index (χ0v) is 7.45. The van der Waals surface area contributed by atoms with Crippen molar-refractivity contribution in [3.05, 3.63) is 23.7 Å². The summed E-state index contributed by atoms with van der Waals surface area (Å²) in [6, 6.07) is 0. The fourth-order valence-corrected chi connectivity index (χ4v) is 0.896.